The van der Waals surface area contributed by atoms with Crippen molar-refractivity contribution in [2.75, 3.05) is 12.3 Å². The third-order valence-electron chi connectivity index (χ3n) is 2.16. The molecule has 17 heavy (non-hydrogen) atoms. The Kier molecular flexibility index (Phi) is 4.03. The maximum atomic E-state index is 11.7. The highest BCUT2D eigenvalue weighted by atomic mass is 16.6. The molecule has 92 valence electrons. The van der Waals surface area contributed by atoms with Crippen LogP contribution < -0.4 is 11.1 Å². The van der Waals surface area contributed by atoms with E-state index >= 15 is 0 Å². The predicted molar refractivity (Wildman–Crippen MR) is 64.7 cm³/mol. The fourth-order valence-corrected chi connectivity index (χ4v) is 1.24. The molecule has 0 saturated heterocycles. The summed E-state index contributed by atoms with van der Waals surface area (Å²) in [7, 11) is 0. The van der Waals surface area contributed by atoms with Crippen LogP contribution in [0.1, 0.15) is 24.2 Å². The Bertz CT molecular complexity index is 444. The van der Waals surface area contributed by atoms with Gasteiger partial charge < -0.3 is 11.1 Å². The predicted octanol–water partition coefficient (Wildman–Crippen LogP) is 1.56. The van der Waals surface area contributed by atoms with Crippen molar-refractivity contribution >= 4 is 17.3 Å². The van der Waals surface area contributed by atoms with Crippen molar-refractivity contribution in [2.45, 2.75) is 13.8 Å². The van der Waals surface area contributed by atoms with Gasteiger partial charge in [0.2, 0.25) is 0 Å². The summed E-state index contributed by atoms with van der Waals surface area (Å²) in [5, 5.41) is 13.3. The molecule has 1 rings (SSSR count). The number of rotatable bonds is 4. The number of carbonyl (C=O) groups excluding carboxylic acids is 1. The maximum Gasteiger partial charge on any atom is 0.292 e. The van der Waals surface area contributed by atoms with Gasteiger partial charge >= 0.3 is 0 Å². The number of nitrogens with zero attached hydrogens (tertiary/aromatic N) is 1. The molecule has 0 aromatic heterocycles. The number of hydrogen-bond acceptors (Lipinski definition) is 4. The van der Waals surface area contributed by atoms with E-state index in [1.54, 1.807) is 0 Å². The maximum absolute atomic E-state index is 11.7. The van der Waals surface area contributed by atoms with Crippen LogP contribution in [-0.4, -0.2) is 17.4 Å². The first-order chi connectivity index (χ1) is 7.91. The van der Waals surface area contributed by atoms with Gasteiger partial charge in [-0.1, -0.05) is 13.8 Å². The number of benzene rings is 1. The quantitative estimate of drug-likeness (QED) is 0.471. The number of nitrogen functional groups attached to an aromatic ring is 1. The van der Waals surface area contributed by atoms with Crippen molar-refractivity contribution in [3.8, 4) is 0 Å². The zero-order valence-corrected chi connectivity index (χ0v) is 9.77. The van der Waals surface area contributed by atoms with Gasteiger partial charge in [-0.3, -0.25) is 14.9 Å². The van der Waals surface area contributed by atoms with E-state index in [-0.39, 0.29) is 22.8 Å². The third kappa shape index (κ3) is 3.44. The monoisotopic (exact) mass is 237 g/mol. The van der Waals surface area contributed by atoms with E-state index in [9.17, 15) is 14.9 Å². The van der Waals surface area contributed by atoms with E-state index in [1.165, 1.54) is 18.2 Å². The normalized spacial score (nSPS) is 10.3. The molecule has 0 aliphatic heterocycles. The van der Waals surface area contributed by atoms with E-state index in [4.69, 9.17) is 5.73 Å². The molecule has 0 atom stereocenters. The van der Waals surface area contributed by atoms with E-state index in [1.807, 2.05) is 13.8 Å². The van der Waals surface area contributed by atoms with E-state index in [0.29, 0.717) is 12.5 Å². The first-order valence-corrected chi connectivity index (χ1v) is 5.24. The molecule has 3 N–H and O–H groups in total. The van der Waals surface area contributed by atoms with Gasteiger partial charge in [0, 0.05) is 18.2 Å². The molecule has 1 amide bonds. The smallest absolute Gasteiger partial charge is 0.292 e. The van der Waals surface area contributed by atoms with Crippen LogP contribution in [0.2, 0.25) is 0 Å². The molecule has 0 fully saturated rings. The lowest BCUT2D eigenvalue weighted by molar-refractivity contribution is -0.383. The number of nitro groups is 1. The molecule has 0 radical (unpaired) electrons. The minimum Gasteiger partial charge on any atom is -0.393 e. The third-order valence-corrected chi connectivity index (χ3v) is 2.16. The molecule has 0 aliphatic carbocycles. The van der Waals surface area contributed by atoms with Crippen LogP contribution >= 0.6 is 0 Å². The molecule has 0 spiro atoms. The average molecular weight is 237 g/mol. The standard InChI is InChI=1S/C11H15N3O3/c1-7(2)6-13-11(15)8-3-4-9(12)10(5-8)14(16)17/h3-5,7H,6,12H2,1-2H3,(H,13,15). The Hall–Kier alpha value is -2.11. The van der Waals surface area contributed by atoms with Crippen LogP contribution in [0.15, 0.2) is 18.2 Å². The van der Waals surface area contributed by atoms with Gasteiger partial charge in [-0.25, -0.2) is 0 Å². The zero-order valence-electron chi connectivity index (χ0n) is 9.77. The number of hydrogen-bond donors (Lipinski definition) is 2. The Morgan fingerprint density at radius 2 is 2.18 bits per heavy atom. The van der Waals surface area contributed by atoms with Crippen molar-refractivity contribution < 1.29 is 9.72 Å². The molecule has 0 aliphatic rings. The molecule has 1 aromatic carbocycles. The highest BCUT2D eigenvalue weighted by Gasteiger charge is 2.15. The summed E-state index contributed by atoms with van der Waals surface area (Å²) in [6.07, 6.45) is 0. The highest BCUT2D eigenvalue weighted by Crippen LogP contribution is 2.22. The van der Waals surface area contributed by atoms with Crippen LogP contribution in [0.25, 0.3) is 0 Å². The fourth-order valence-electron chi connectivity index (χ4n) is 1.24. The van der Waals surface area contributed by atoms with Gasteiger partial charge in [-0.05, 0) is 18.1 Å². The topological polar surface area (TPSA) is 98.3 Å². The second kappa shape index (κ2) is 5.29. The van der Waals surface area contributed by atoms with Crippen molar-refractivity contribution in [3.63, 3.8) is 0 Å². The van der Waals surface area contributed by atoms with Crippen LogP contribution in [0.4, 0.5) is 11.4 Å². The van der Waals surface area contributed by atoms with Gasteiger partial charge in [0.1, 0.15) is 5.69 Å². The van der Waals surface area contributed by atoms with Gasteiger partial charge in [0.05, 0.1) is 4.92 Å². The molecular weight excluding hydrogens is 222 g/mol. The van der Waals surface area contributed by atoms with Crippen LogP contribution in [0.3, 0.4) is 0 Å². The van der Waals surface area contributed by atoms with Gasteiger partial charge in [-0.15, -0.1) is 0 Å². The lowest BCUT2D eigenvalue weighted by Crippen LogP contribution is -2.27. The number of amides is 1. The summed E-state index contributed by atoms with van der Waals surface area (Å²) < 4.78 is 0. The average Bonchev–Trinajstić information content (AvgIpc) is 2.26. The van der Waals surface area contributed by atoms with Crippen LogP contribution in [-0.2, 0) is 0 Å². The largest absolute Gasteiger partial charge is 0.393 e. The second-order valence-corrected chi connectivity index (χ2v) is 4.13. The first-order valence-electron chi connectivity index (χ1n) is 5.24. The van der Waals surface area contributed by atoms with Crippen LogP contribution in [0, 0.1) is 16.0 Å². The van der Waals surface area contributed by atoms with Crippen LogP contribution in [0.5, 0.6) is 0 Å². The van der Waals surface area contributed by atoms with E-state index < -0.39 is 4.92 Å². The number of carbonyl (C=O) groups is 1. The summed E-state index contributed by atoms with van der Waals surface area (Å²) in [6.45, 7) is 4.45. The summed E-state index contributed by atoms with van der Waals surface area (Å²) in [4.78, 5) is 21.7. The summed E-state index contributed by atoms with van der Waals surface area (Å²) >= 11 is 0. The Morgan fingerprint density at radius 3 is 2.71 bits per heavy atom. The Labute approximate surface area is 99.0 Å². The van der Waals surface area contributed by atoms with Crippen molar-refractivity contribution in [1.82, 2.24) is 5.32 Å². The highest BCUT2D eigenvalue weighted by molar-refractivity contribution is 5.95. The van der Waals surface area contributed by atoms with E-state index in [2.05, 4.69) is 5.32 Å². The SMILES string of the molecule is CC(C)CNC(=O)c1ccc(N)c([N+](=O)[O-])c1. The minimum atomic E-state index is -0.603. The van der Waals surface area contributed by atoms with Crippen molar-refractivity contribution in [3.05, 3.63) is 33.9 Å². The molecule has 0 heterocycles. The van der Waals surface area contributed by atoms with Gasteiger partial charge in [-0.2, -0.15) is 0 Å². The molecule has 6 heteroatoms. The lowest BCUT2D eigenvalue weighted by atomic mass is 10.1. The number of anilines is 1. The lowest BCUT2D eigenvalue weighted by Gasteiger charge is -2.07. The zero-order chi connectivity index (χ0) is 13.0. The second-order valence-electron chi connectivity index (χ2n) is 4.13. The minimum absolute atomic E-state index is 0.0513. The summed E-state index contributed by atoms with van der Waals surface area (Å²) in [5.41, 5.74) is 5.48. The molecule has 0 saturated carbocycles. The number of nitrogens with one attached hydrogen (secondary N) is 1. The summed E-state index contributed by atoms with van der Waals surface area (Å²) in [5.74, 6) is -0.00971. The summed E-state index contributed by atoms with van der Waals surface area (Å²) in [6, 6.07) is 4.02. The van der Waals surface area contributed by atoms with Crippen molar-refractivity contribution in [1.29, 1.82) is 0 Å². The van der Waals surface area contributed by atoms with Gasteiger partial charge in [0.25, 0.3) is 11.6 Å². The molecule has 1 aromatic rings. The number of nitro benzene ring substituents is 1. The number of nitrogens with two attached hydrogens (primary N) is 1. The fraction of sp³-hybridized carbons (Fsp3) is 0.364. The Balaban J connectivity index is 2.88. The molecule has 0 unspecified atom stereocenters. The van der Waals surface area contributed by atoms with Crippen molar-refractivity contribution in [2.24, 2.45) is 5.92 Å². The molecule has 0 bridgehead atoms. The first kappa shape index (κ1) is 13.0. The Morgan fingerprint density at radius 1 is 1.53 bits per heavy atom. The van der Waals surface area contributed by atoms with Gasteiger partial charge in [0.15, 0.2) is 0 Å². The molecular formula is C11H15N3O3. The molecule has 6 nitrogen and oxygen atoms in total. The van der Waals surface area contributed by atoms with E-state index in [0.717, 1.165) is 0 Å².